The molecule has 3 aromatic rings. The monoisotopic (exact) mass is 483 g/mol. The Morgan fingerprint density at radius 1 is 1.18 bits per heavy atom. The number of nitrogens with zero attached hydrogens (tertiary/aromatic N) is 3. The second-order valence-corrected chi connectivity index (χ2v) is 10.8. The zero-order chi connectivity index (χ0) is 24.7. The van der Waals surface area contributed by atoms with Crippen molar-refractivity contribution in [2.24, 2.45) is 5.92 Å². The summed E-state index contributed by atoms with van der Waals surface area (Å²) in [7, 11) is -4.26. The van der Waals surface area contributed by atoms with Crippen molar-refractivity contribution in [3.8, 4) is 11.3 Å². The molecular weight excluding hydrogens is 457 g/mol. The Bertz CT molecular complexity index is 1340. The lowest BCUT2D eigenvalue weighted by Crippen LogP contribution is -2.41. The maximum absolute atomic E-state index is 13.4. The number of amides is 1. The summed E-state index contributed by atoms with van der Waals surface area (Å²) in [5.74, 6) is -0.687. The number of nitrogens with one attached hydrogen (secondary N) is 1. The number of rotatable bonds is 5. The van der Waals surface area contributed by atoms with Gasteiger partial charge in [-0.2, -0.15) is 0 Å². The summed E-state index contributed by atoms with van der Waals surface area (Å²) >= 11 is 0. The van der Waals surface area contributed by atoms with Gasteiger partial charge in [0.1, 0.15) is 22.3 Å². The van der Waals surface area contributed by atoms with Crippen LogP contribution in [0.1, 0.15) is 37.6 Å². The van der Waals surface area contributed by atoms with Crippen molar-refractivity contribution in [1.29, 1.82) is 0 Å². The van der Waals surface area contributed by atoms with E-state index >= 15 is 0 Å². The van der Waals surface area contributed by atoms with E-state index in [1.54, 1.807) is 18.2 Å². The molecule has 1 atom stereocenters. The summed E-state index contributed by atoms with van der Waals surface area (Å²) in [6, 6.07) is 11.7. The standard InChI is InChI=1S/C24H26FN5O3S/c1-15-13-24(2,3)30(14-15)22-18(10-11-19(28-22)16-6-8-17(25)9-7-16)23(31)29-34(32,33)20-5-4-12-27-21(20)26/h4-12,15H,13-14H2,1-3H3,(H2,26,27)(H,29,31)/t15-/m0/s1. The summed E-state index contributed by atoms with van der Waals surface area (Å²) < 4.78 is 41.2. The number of aromatic nitrogens is 2. The van der Waals surface area contributed by atoms with Crippen LogP contribution in [0.2, 0.25) is 0 Å². The molecule has 3 heterocycles. The Hall–Kier alpha value is -3.53. The number of pyridine rings is 2. The van der Waals surface area contributed by atoms with Gasteiger partial charge in [0, 0.05) is 23.8 Å². The van der Waals surface area contributed by atoms with Gasteiger partial charge >= 0.3 is 0 Å². The highest BCUT2D eigenvalue weighted by molar-refractivity contribution is 7.90. The molecule has 10 heteroatoms. The van der Waals surface area contributed by atoms with E-state index in [9.17, 15) is 17.6 Å². The number of benzene rings is 1. The molecule has 0 bridgehead atoms. The third kappa shape index (κ3) is 4.58. The largest absolute Gasteiger partial charge is 0.383 e. The van der Waals surface area contributed by atoms with E-state index in [1.807, 2.05) is 4.90 Å². The molecule has 1 amide bonds. The Labute approximate surface area is 198 Å². The molecule has 1 aromatic carbocycles. The normalized spacial score (nSPS) is 17.5. The number of nitrogen functional groups attached to an aromatic ring is 1. The summed E-state index contributed by atoms with van der Waals surface area (Å²) in [6.45, 7) is 6.87. The average Bonchev–Trinajstić information content (AvgIpc) is 3.05. The van der Waals surface area contributed by atoms with Crippen LogP contribution in [-0.4, -0.2) is 36.4 Å². The molecule has 178 valence electrons. The molecule has 34 heavy (non-hydrogen) atoms. The number of carbonyl (C=O) groups is 1. The van der Waals surface area contributed by atoms with Gasteiger partial charge < -0.3 is 10.6 Å². The fourth-order valence-electron chi connectivity index (χ4n) is 4.43. The average molecular weight is 484 g/mol. The molecule has 0 unspecified atom stereocenters. The molecular formula is C24H26FN5O3S. The van der Waals surface area contributed by atoms with E-state index in [0.29, 0.717) is 29.5 Å². The van der Waals surface area contributed by atoms with Gasteiger partial charge in [-0.25, -0.2) is 27.5 Å². The van der Waals surface area contributed by atoms with Crippen LogP contribution >= 0.6 is 0 Å². The zero-order valence-electron chi connectivity index (χ0n) is 19.1. The van der Waals surface area contributed by atoms with Crippen molar-refractivity contribution in [2.75, 3.05) is 17.2 Å². The van der Waals surface area contributed by atoms with E-state index in [0.717, 1.165) is 6.42 Å². The summed E-state index contributed by atoms with van der Waals surface area (Å²) in [5.41, 5.74) is 6.73. The number of anilines is 2. The maximum atomic E-state index is 13.4. The highest BCUT2D eigenvalue weighted by atomic mass is 32.2. The molecule has 4 rings (SSSR count). The van der Waals surface area contributed by atoms with Crippen molar-refractivity contribution in [3.05, 3.63) is 66.1 Å². The molecule has 1 saturated heterocycles. The first-order valence-corrected chi connectivity index (χ1v) is 12.3. The molecule has 1 aliphatic heterocycles. The number of halogens is 1. The third-order valence-corrected chi connectivity index (χ3v) is 7.28. The van der Waals surface area contributed by atoms with Crippen LogP contribution in [0.3, 0.4) is 0 Å². The number of nitrogens with two attached hydrogens (primary N) is 1. The number of carbonyl (C=O) groups excluding carboxylic acids is 1. The highest BCUT2D eigenvalue weighted by Gasteiger charge is 2.39. The molecule has 0 spiro atoms. The lowest BCUT2D eigenvalue weighted by atomic mass is 9.97. The van der Waals surface area contributed by atoms with Crippen molar-refractivity contribution in [1.82, 2.24) is 14.7 Å². The summed E-state index contributed by atoms with van der Waals surface area (Å²) in [5, 5.41) is 0. The van der Waals surface area contributed by atoms with E-state index in [1.165, 1.54) is 36.5 Å². The van der Waals surface area contributed by atoms with Gasteiger partial charge in [-0.05, 0) is 74.7 Å². The van der Waals surface area contributed by atoms with Crippen molar-refractivity contribution >= 4 is 27.6 Å². The first-order valence-electron chi connectivity index (χ1n) is 10.8. The lowest BCUT2D eigenvalue weighted by molar-refractivity contribution is 0.0981. The summed E-state index contributed by atoms with van der Waals surface area (Å²) in [6.07, 6.45) is 2.24. The molecule has 8 nitrogen and oxygen atoms in total. The van der Waals surface area contributed by atoms with E-state index in [-0.39, 0.29) is 27.6 Å². The second kappa shape index (κ2) is 8.68. The zero-order valence-corrected chi connectivity index (χ0v) is 19.9. The van der Waals surface area contributed by atoms with Gasteiger partial charge in [0.05, 0.1) is 11.3 Å². The van der Waals surface area contributed by atoms with Crippen LogP contribution in [0, 0.1) is 11.7 Å². The SMILES string of the molecule is C[C@@H]1CN(c2nc(-c3ccc(F)cc3)ccc2C(=O)NS(=O)(=O)c2cccnc2N)C(C)(C)C1. The lowest BCUT2D eigenvalue weighted by Gasteiger charge is -2.34. The molecule has 3 N–H and O–H groups in total. The molecule has 0 aliphatic carbocycles. The van der Waals surface area contributed by atoms with Gasteiger partial charge in [0.15, 0.2) is 0 Å². The van der Waals surface area contributed by atoms with Crippen molar-refractivity contribution in [3.63, 3.8) is 0 Å². The van der Waals surface area contributed by atoms with Crippen molar-refractivity contribution in [2.45, 2.75) is 37.6 Å². The topological polar surface area (TPSA) is 118 Å². The van der Waals surface area contributed by atoms with E-state index in [4.69, 9.17) is 10.7 Å². The first kappa shape index (κ1) is 23.6. The van der Waals surface area contributed by atoms with Crippen LogP contribution < -0.4 is 15.4 Å². The summed E-state index contributed by atoms with van der Waals surface area (Å²) in [4.78, 5) is 23.5. The first-order chi connectivity index (χ1) is 16.0. The molecule has 1 aliphatic rings. The number of hydrogen-bond acceptors (Lipinski definition) is 7. The van der Waals surface area contributed by atoms with Gasteiger partial charge in [-0.1, -0.05) is 6.92 Å². The predicted molar refractivity (Wildman–Crippen MR) is 128 cm³/mol. The molecule has 0 saturated carbocycles. The van der Waals surface area contributed by atoms with Gasteiger partial charge in [-0.15, -0.1) is 0 Å². The predicted octanol–water partition coefficient (Wildman–Crippen LogP) is 3.61. The fourth-order valence-corrected chi connectivity index (χ4v) is 5.48. The third-order valence-electron chi connectivity index (χ3n) is 5.90. The quantitative estimate of drug-likeness (QED) is 0.569. The van der Waals surface area contributed by atoms with Crippen LogP contribution in [0.25, 0.3) is 11.3 Å². The minimum atomic E-state index is -4.26. The molecule has 0 radical (unpaired) electrons. The number of sulfonamides is 1. The Morgan fingerprint density at radius 2 is 1.88 bits per heavy atom. The van der Waals surface area contributed by atoms with Crippen LogP contribution in [0.15, 0.2) is 59.6 Å². The van der Waals surface area contributed by atoms with Gasteiger partial charge in [0.2, 0.25) is 0 Å². The van der Waals surface area contributed by atoms with Gasteiger partial charge in [-0.3, -0.25) is 4.79 Å². The Balaban J connectivity index is 1.77. The highest BCUT2D eigenvalue weighted by Crippen LogP contribution is 2.38. The van der Waals surface area contributed by atoms with Crippen LogP contribution in [0.5, 0.6) is 0 Å². The maximum Gasteiger partial charge on any atom is 0.268 e. The Kier molecular flexibility index (Phi) is 6.03. The molecule has 1 fully saturated rings. The Morgan fingerprint density at radius 3 is 2.50 bits per heavy atom. The minimum absolute atomic E-state index is 0.110. The van der Waals surface area contributed by atoms with Crippen LogP contribution in [0.4, 0.5) is 16.0 Å². The van der Waals surface area contributed by atoms with Crippen molar-refractivity contribution < 1.29 is 17.6 Å². The minimum Gasteiger partial charge on any atom is -0.383 e. The second-order valence-electron chi connectivity index (χ2n) is 9.13. The fraction of sp³-hybridized carbons (Fsp3) is 0.292. The van der Waals surface area contributed by atoms with Gasteiger partial charge in [0.25, 0.3) is 15.9 Å². The molecule has 2 aromatic heterocycles. The number of hydrogen-bond donors (Lipinski definition) is 2. The van der Waals surface area contributed by atoms with E-state index in [2.05, 4.69) is 30.5 Å². The van der Waals surface area contributed by atoms with Crippen LogP contribution in [-0.2, 0) is 10.0 Å². The van der Waals surface area contributed by atoms with E-state index < -0.39 is 15.9 Å². The smallest absolute Gasteiger partial charge is 0.268 e.